The molecule has 0 radical (unpaired) electrons. The number of carbonyl (C=O) groups is 1. The summed E-state index contributed by atoms with van der Waals surface area (Å²) in [5.41, 5.74) is -0.972. The number of nitrogens with zero attached hydrogens (tertiary/aromatic N) is 1. The van der Waals surface area contributed by atoms with Gasteiger partial charge in [0, 0.05) is 6.04 Å². The van der Waals surface area contributed by atoms with E-state index in [-0.39, 0.29) is 18.2 Å². The van der Waals surface area contributed by atoms with Crippen molar-refractivity contribution in [1.29, 1.82) is 0 Å². The van der Waals surface area contributed by atoms with Gasteiger partial charge >= 0.3 is 6.03 Å². The van der Waals surface area contributed by atoms with Gasteiger partial charge in [0.1, 0.15) is 0 Å². The summed E-state index contributed by atoms with van der Waals surface area (Å²) in [5, 5.41) is 12.5. The number of aliphatic hydroxyl groups is 1. The summed E-state index contributed by atoms with van der Waals surface area (Å²) < 4.78 is 39.5. The van der Waals surface area contributed by atoms with E-state index in [1.165, 1.54) is 11.8 Å². The molecule has 1 aromatic rings. The van der Waals surface area contributed by atoms with Crippen molar-refractivity contribution in [3.8, 4) is 0 Å². The zero-order chi connectivity index (χ0) is 17.9. The van der Waals surface area contributed by atoms with Gasteiger partial charge in [0.05, 0.1) is 18.2 Å². The van der Waals surface area contributed by atoms with E-state index in [1.807, 2.05) is 0 Å². The van der Waals surface area contributed by atoms with Gasteiger partial charge in [-0.15, -0.1) is 0 Å². The molecule has 0 spiro atoms. The zero-order valence-electron chi connectivity index (χ0n) is 14.0. The number of nitrogens with one attached hydrogen (secondary N) is 1. The maximum Gasteiger partial charge on any atom is 0.318 e. The molecule has 0 unspecified atom stereocenters. The topological polar surface area (TPSA) is 52.6 Å². The lowest BCUT2D eigenvalue weighted by molar-refractivity contribution is 0.0383. The first-order valence-corrected chi connectivity index (χ1v) is 7.36. The Hall–Kier alpha value is -1.76. The van der Waals surface area contributed by atoms with Gasteiger partial charge in [0.2, 0.25) is 0 Å². The number of hydrogen-bond donors (Lipinski definition) is 2. The minimum atomic E-state index is -1.54. The Bertz CT molecular complexity index is 548. The Morgan fingerprint density at radius 3 is 2.09 bits per heavy atom. The second-order valence-corrected chi connectivity index (χ2v) is 6.50. The van der Waals surface area contributed by atoms with Crippen LogP contribution in [0.5, 0.6) is 0 Å². The van der Waals surface area contributed by atoms with Gasteiger partial charge in [-0.05, 0) is 52.3 Å². The Labute approximate surface area is 134 Å². The minimum Gasteiger partial charge on any atom is -0.389 e. The van der Waals surface area contributed by atoms with Crippen molar-refractivity contribution >= 4 is 6.03 Å². The molecule has 0 aliphatic rings. The van der Waals surface area contributed by atoms with Gasteiger partial charge in [-0.2, -0.15) is 0 Å². The fourth-order valence-corrected chi connectivity index (χ4v) is 2.08. The van der Waals surface area contributed by atoms with Gasteiger partial charge in [-0.1, -0.05) is 0 Å². The third-order valence-electron chi connectivity index (χ3n) is 3.29. The number of halogens is 3. The first-order chi connectivity index (χ1) is 10.4. The molecule has 2 N–H and O–H groups in total. The van der Waals surface area contributed by atoms with Gasteiger partial charge in [0.25, 0.3) is 0 Å². The molecule has 0 saturated carbocycles. The molecule has 0 fully saturated rings. The predicted octanol–water partition coefficient (Wildman–Crippen LogP) is 3.36. The van der Waals surface area contributed by atoms with Crippen molar-refractivity contribution in [3.05, 3.63) is 35.1 Å². The van der Waals surface area contributed by atoms with Crippen LogP contribution in [0.25, 0.3) is 0 Å². The zero-order valence-corrected chi connectivity index (χ0v) is 14.0. The lowest BCUT2D eigenvalue weighted by Gasteiger charge is -2.33. The molecule has 0 heterocycles. The second-order valence-electron chi connectivity index (χ2n) is 6.50. The number of benzene rings is 1. The normalized spacial score (nSPS) is 13.1. The van der Waals surface area contributed by atoms with E-state index < -0.39 is 35.1 Å². The molecule has 4 nitrogen and oxygen atoms in total. The van der Waals surface area contributed by atoms with Crippen molar-refractivity contribution in [2.45, 2.75) is 52.3 Å². The molecule has 1 atom stereocenters. The predicted molar refractivity (Wildman–Crippen MR) is 81.4 cm³/mol. The quantitative estimate of drug-likeness (QED) is 0.813. The van der Waals surface area contributed by atoms with Crippen LogP contribution >= 0.6 is 0 Å². The van der Waals surface area contributed by atoms with Crippen LogP contribution in [0.4, 0.5) is 18.0 Å². The number of rotatable bonds is 5. The standard InChI is InChI=1S/C16H23F3N2O2/c1-9(2)21(8-16(4,5)23)15(22)20-10(3)11-6-12(17)14(19)13(18)7-11/h6-7,9-10,23H,8H2,1-5H3,(H,20,22)/t10-/m1/s1. The molecule has 1 aromatic carbocycles. The fourth-order valence-electron chi connectivity index (χ4n) is 2.08. The highest BCUT2D eigenvalue weighted by atomic mass is 19.2. The third-order valence-corrected chi connectivity index (χ3v) is 3.29. The highest BCUT2D eigenvalue weighted by molar-refractivity contribution is 5.75. The summed E-state index contributed by atoms with van der Waals surface area (Å²) in [7, 11) is 0. The Kier molecular flexibility index (Phi) is 6.04. The second kappa shape index (κ2) is 7.21. The largest absolute Gasteiger partial charge is 0.389 e. The van der Waals surface area contributed by atoms with Gasteiger partial charge < -0.3 is 15.3 Å². The highest BCUT2D eigenvalue weighted by Crippen LogP contribution is 2.20. The fraction of sp³-hybridized carbons (Fsp3) is 0.562. The van der Waals surface area contributed by atoms with Crippen LogP contribution in [0.2, 0.25) is 0 Å². The van der Waals surface area contributed by atoms with Crippen LogP contribution in [-0.4, -0.2) is 34.2 Å². The van der Waals surface area contributed by atoms with Crippen LogP contribution in [0.1, 0.15) is 46.2 Å². The van der Waals surface area contributed by atoms with Crippen LogP contribution in [0.3, 0.4) is 0 Å². The van der Waals surface area contributed by atoms with Crippen LogP contribution in [-0.2, 0) is 0 Å². The summed E-state index contributed by atoms with van der Waals surface area (Å²) in [6.45, 7) is 8.34. The molecule has 1 rings (SSSR count). The summed E-state index contributed by atoms with van der Waals surface area (Å²) >= 11 is 0. The van der Waals surface area contributed by atoms with E-state index >= 15 is 0 Å². The number of amides is 2. The molecular formula is C16H23F3N2O2. The van der Waals surface area contributed by atoms with Gasteiger partial charge in [-0.25, -0.2) is 18.0 Å². The van der Waals surface area contributed by atoms with E-state index in [0.717, 1.165) is 12.1 Å². The van der Waals surface area contributed by atoms with Crippen LogP contribution in [0, 0.1) is 17.5 Å². The smallest absolute Gasteiger partial charge is 0.318 e. The summed E-state index contributed by atoms with van der Waals surface area (Å²) in [5.74, 6) is -4.16. The average Bonchev–Trinajstić information content (AvgIpc) is 2.40. The molecule has 130 valence electrons. The van der Waals surface area contributed by atoms with E-state index in [9.17, 15) is 23.1 Å². The Morgan fingerprint density at radius 1 is 1.22 bits per heavy atom. The van der Waals surface area contributed by atoms with Crippen LogP contribution < -0.4 is 5.32 Å². The van der Waals surface area contributed by atoms with Gasteiger partial charge in [0.15, 0.2) is 17.5 Å². The van der Waals surface area contributed by atoms with Gasteiger partial charge in [-0.3, -0.25) is 0 Å². The van der Waals surface area contributed by atoms with E-state index in [2.05, 4.69) is 5.32 Å². The molecule has 0 aliphatic heterocycles. The molecule has 7 heteroatoms. The summed E-state index contributed by atoms with van der Waals surface area (Å²) in [6, 6.07) is 0.295. The van der Waals surface area contributed by atoms with E-state index in [0.29, 0.717) is 0 Å². The Balaban J connectivity index is 2.90. The number of urea groups is 1. The van der Waals surface area contributed by atoms with E-state index in [4.69, 9.17) is 0 Å². The lowest BCUT2D eigenvalue weighted by Crippen LogP contribution is -2.50. The highest BCUT2D eigenvalue weighted by Gasteiger charge is 2.26. The molecular weight excluding hydrogens is 309 g/mol. The van der Waals surface area contributed by atoms with Crippen LogP contribution in [0.15, 0.2) is 12.1 Å². The van der Waals surface area contributed by atoms with Crippen molar-refractivity contribution in [2.75, 3.05) is 6.54 Å². The minimum absolute atomic E-state index is 0.0926. The average molecular weight is 332 g/mol. The summed E-state index contributed by atoms with van der Waals surface area (Å²) in [6.07, 6.45) is 0. The maximum atomic E-state index is 13.3. The number of hydrogen-bond acceptors (Lipinski definition) is 2. The van der Waals surface area contributed by atoms with Crippen molar-refractivity contribution in [2.24, 2.45) is 0 Å². The molecule has 0 aliphatic carbocycles. The maximum absolute atomic E-state index is 13.3. The van der Waals surface area contributed by atoms with Crippen molar-refractivity contribution < 1.29 is 23.1 Å². The lowest BCUT2D eigenvalue weighted by atomic mass is 10.1. The first kappa shape index (κ1) is 19.3. The molecule has 0 bridgehead atoms. The third kappa shape index (κ3) is 5.42. The van der Waals surface area contributed by atoms with E-state index in [1.54, 1.807) is 27.7 Å². The SMILES string of the molecule is CC(C)N(CC(C)(C)O)C(=O)N[C@H](C)c1cc(F)c(F)c(F)c1. The van der Waals surface area contributed by atoms with Crippen molar-refractivity contribution in [3.63, 3.8) is 0 Å². The monoisotopic (exact) mass is 332 g/mol. The van der Waals surface area contributed by atoms with Crippen molar-refractivity contribution in [1.82, 2.24) is 10.2 Å². The number of carbonyl (C=O) groups excluding carboxylic acids is 1. The molecule has 23 heavy (non-hydrogen) atoms. The summed E-state index contributed by atoms with van der Waals surface area (Å²) in [4.78, 5) is 13.7. The Morgan fingerprint density at radius 2 is 1.70 bits per heavy atom. The molecule has 0 aromatic heterocycles. The first-order valence-electron chi connectivity index (χ1n) is 7.36. The molecule has 0 saturated heterocycles. The molecule has 2 amide bonds.